The number of carbonyl (C=O) groups excluding carboxylic acids is 1. The maximum atomic E-state index is 12.5. The number of hydrogen-bond donors (Lipinski definition) is 2. The number of nitrogens with zero attached hydrogens (tertiary/aromatic N) is 2. The number of urea groups is 1. The van der Waals surface area contributed by atoms with E-state index >= 15 is 0 Å². The van der Waals surface area contributed by atoms with Crippen molar-refractivity contribution in [3.63, 3.8) is 0 Å². The summed E-state index contributed by atoms with van der Waals surface area (Å²) in [5.74, 6) is 1.36. The molecule has 1 atom stereocenters. The highest BCUT2D eigenvalue weighted by molar-refractivity contribution is 5.73. The number of amides is 2. The molecule has 146 valence electrons. The molecule has 2 N–H and O–H groups in total. The average molecular weight is 373 g/mol. The number of furan rings is 1. The summed E-state index contributed by atoms with van der Waals surface area (Å²) in [4.78, 5) is 16.5. The fourth-order valence-electron chi connectivity index (χ4n) is 3.43. The van der Waals surface area contributed by atoms with Gasteiger partial charge in [-0.2, -0.15) is 0 Å². The SMILES string of the molecule is COc1cc(CN(C)C(=O)NC[C@@H](c2ccco2)N2CCCC2)ccc1O. The Hall–Kier alpha value is -2.67. The van der Waals surface area contributed by atoms with Crippen molar-refractivity contribution >= 4 is 6.03 Å². The Morgan fingerprint density at radius 3 is 2.81 bits per heavy atom. The number of hydrogen-bond acceptors (Lipinski definition) is 5. The molecule has 0 spiro atoms. The van der Waals surface area contributed by atoms with Gasteiger partial charge in [-0.05, 0) is 55.8 Å². The molecule has 0 radical (unpaired) electrons. The minimum Gasteiger partial charge on any atom is -0.504 e. The van der Waals surface area contributed by atoms with Gasteiger partial charge in [-0.1, -0.05) is 6.07 Å². The van der Waals surface area contributed by atoms with E-state index in [9.17, 15) is 9.90 Å². The van der Waals surface area contributed by atoms with Gasteiger partial charge in [0.25, 0.3) is 0 Å². The van der Waals surface area contributed by atoms with Gasteiger partial charge in [0.05, 0.1) is 19.4 Å². The van der Waals surface area contributed by atoms with Crippen molar-refractivity contribution in [1.29, 1.82) is 0 Å². The van der Waals surface area contributed by atoms with E-state index in [0.29, 0.717) is 18.8 Å². The molecule has 7 nitrogen and oxygen atoms in total. The first-order valence-corrected chi connectivity index (χ1v) is 9.21. The summed E-state index contributed by atoms with van der Waals surface area (Å²) in [5.41, 5.74) is 0.879. The van der Waals surface area contributed by atoms with Crippen LogP contribution in [0.5, 0.6) is 11.5 Å². The van der Waals surface area contributed by atoms with E-state index in [2.05, 4.69) is 10.2 Å². The molecule has 2 aromatic rings. The van der Waals surface area contributed by atoms with Crippen molar-refractivity contribution in [2.45, 2.75) is 25.4 Å². The van der Waals surface area contributed by atoms with E-state index in [4.69, 9.17) is 9.15 Å². The zero-order valence-electron chi connectivity index (χ0n) is 15.9. The normalized spacial score (nSPS) is 15.5. The van der Waals surface area contributed by atoms with E-state index in [0.717, 1.165) is 24.4 Å². The second-order valence-corrected chi connectivity index (χ2v) is 6.82. The maximum Gasteiger partial charge on any atom is 0.317 e. The number of likely N-dealkylation sites (tertiary alicyclic amines) is 1. The van der Waals surface area contributed by atoms with Gasteiger partial charge in [0.2, 0.25) is 0 Å². The highest BCUT2D eigenvalue weighted by Crippen LogP contribution is 2.27. The predicted molar refractivity (Wildman–Crippen MR) is 102 cm³/mol. The van der Waals surface area contributed by atoms with Gasteiger partial charge >= 0.3 is 6.03 Å². The molecule has 2 heterocycles. The number of nitrogens with one attached hydrogen (secondary N) is 1. The fourth-order valence-corrected chi connectivity index (χ4v) is 3.43. The minimum absolute atomic E-state index is 0.0496. The molecule has 0 bridgehead atoms. The van der Waals surface area contributed by atoms with Crippen LogP contribution in [0.4, 0.5) is 4.79 Å². The van der Waals surface area contributed by atoms with Crippen LogP contribution >= 0.6 is 0 Å². The summed E-state index contributed by atoms with van der Waals surface area (Å²) in [6.45, 7) is 2.95. The molecule has 1 aromatic carbocycles. The van der Waals surface area contributed by atoms with Crippen molar-refractivity contribution in [3.8, 4) is 11.5 Å². The fraction of sp³-hybridized carbons (Fsp3) is 0.450. The lowest BCUT2D eigenvalue weighted by Crippen LogP contribution is -2.42. The summed E-state index contributed by atoms with van der Waals surface area (Å²) >= 11 is 0. The molecule has 7 heteroatoms. The highest BCUT2D eigenvalue weighted by atomic mass is 16.5. The summed E-state index contributed by atoms with van der Waals surface area (Å²) in [7, 11) is 3.24. The van der Waals surface area contributed by atoms with Crippen molar-refractivity contribution in [3.05, 3.63) is 47.9 Å². The van der Waals surface area contributed by atoms with Gasteiger partial charge in [-0.15, -0.1) is 0 Å². The largest absolute Gasteiger partial charge is 0.504 e. The first kappa shape index (κ1) is 19.1. The van der Waals surface area contributed by atoms with Crippen LogP contribution in [0.15, 0.2) is 41.0 Å². The number of ether oxygens (including phenoxy) is 1. The van der Waals surface area contributed by atoms with Crippen LogP contribution in [0.3, 0.4) is 0 Å². The Bertz CT molecular complexity index is 742. The third kappa shape index (κ3) is 4.74. The third-order valence-corrected chi connectivity index (χ3v) is 4.91. The lowest BCUT2D eigenvalue weighted by Gasteiger charge is -2.27. The summed E-state index contributed by atoms with van der Waals surface area (Å²) in [5, 5.41) is 12.7. The molecule has 1 saturated heterocycles. The zero-order chi connectivity index (χ0) is 19.2. The van der Waals surface area contributed by atoms with E-state index < -0.39 is 0 Å². The van der Waals surface area contributed by atoms with E-state index in [1.54, 1.807) is 36.4 Å². The number of benzene rings is 1. The lowest BCUT2D eigenvalue weighted by molar-refractivity contribution is 0.187. The molecule has 2 amide bonds. The van der Waals surface area contributed by atoms with Crippen molar-refractivity contribution in [1.82, 2.24) is 15.1 Å². The molecule has 1 aliphatic rings. The van der Waals surface area contributed by atoms with Gasteiger partial charge in [-0.3, -0.25) is 4.90 Å². The lowest BCUT2D eigenvalue weighted by atomic mass is 10.2. The minimum atomic E-state index is -0.155. The van der Waals surface area contributed by atoms with Gasteiger partial charge in [-0.25, -0.2) is 4.79 Å². The second kappa shape index (κ2) is 8.81. The molecular formula is C20H27N3O4. The van der Waals surface area contributed by atoms with Gasteiger partial charge in [0.1, 0.15) is 5.76 Å². The molecular weight excluding hydrogens is 346 g/mol. The van der Waals surface area contributed by atoms with Crippen LogP contribution in [0.1, 0.15) is 30.2 Å². The number of phenolic OH excluding ortho intramolecular Hbond substituents is 1. The average Bonchev–Trinajstić information content (AvgIpc) is 3.37. The summed E-state index contributed by atoms with van der Waals surface area (Å²) < 4.78 is 10.7. The standard InChI is InChI=1S/C20H27N3O4/c1-22(14-15-7-8-17(24)19(12-15)26-2)20(25)21-13-16(18-6-5-11-27-18)23-9-3-4-10-23/h5-8,11-12,16,24H,3-4,9-10,13-14H2,1-2H3,(H,21,25)/t16-/m0/s1. The maximum absolute atomic E-state index is 12.5. The van der Waals surface area contributed by atoms with Crippen molar-refractivity contribution < 1.29 is 19.1 Å². The zero-order valence-corrected chi connectivity index (χ0v) is 15.9. The van der Waals surface area contributed by atoms with Crippen molar-refractivity contribution in [2.75, 3.05) is 33.8 Å². The Labute approximate surface area is 159 Å². The Morgan fingerprint density at radius 2 is 2.15 bits per heavy atom. The number of phenols is 1. The van der Waals surface area contributed by atoms with Crippen molar-refractivity contribution in [2.24, 2.45) is 0 Å². The van der Waals surface area contributed by atoms with Gasteiger partial charge < -0.3 is 24.5 Å². The quantitative estimate of drug-likeness (QED) is 0.780. The number of carbonyl (C=O) groups is 1. The predicted octanol–water partition coefficient (Wildman–Crippen LogP) is 2.97. The smallest absolute Gasteiger partial charge is 0.317 e. The molecule has 1 aromatic heterocycles. The van der Waals surface area contributed by atoms with E-state index in [1.165, 1.54) is 20.0 Å². The van der Waals surface area contributed by atoms with E-state index in [-0.39, 0.29) is 17.8 Å². The highest BCUT2D eigenvalue weighted by Gasteiger charge is 2.26. The Kier molecular flexibility index (Phi) is 6.24. The monoisotopic (exact) mass is 373 g/mol. The van der Waals surface area contributed by atoms with Crippen LogP contribution in [-0.4, -0.2) is 54.7 Å². The first-order chi connectivity index (χ1) is 13.1. The van der Waals surface area contributed by atoms with Crippen LogP contribution in [0.25, 0.3) is 0 Å². The Balaban J connectivity index is 1.58. The summed E-state index contributed by atoms with van der Waals surface area (Å²) in [6, 6.07) is 8.81. The van der Waals surface area contributed by atoms with Crippen LogP contribution in [0, 0.1) is 0 Å². The molecule has 0 unspecified atom stereocenters. The number of methoxy groups -OCH3 is 1. The van der Waals surface area contributed by atoms with Crippen LogP contribution in [0.2, 0.25) is 0 Å². The molecule has 3 rings (SSSR count). The molecule has 27 heavy (non-hydrogen) atoms. The second-order valence-electron chi connectivity index (χ2n) is 6.82. The number of rotatable bonds is 7. The van der Waals surface area contributed by atoms with Gasteiger partial charge in [0.15, 0.2) is 11.5 Å². The molecule has 0 saturated carbocycles. The topological polar surface area (TPSA) is 78.2 Å². The number of aromatic hydroxyl groups is 1. The van der Waals surface area contributed by atoms with E-state index in [1.807, 2.05) is 12.1 Å². The third-order valence-electron chi connectivity index (χ3n) is 4.91. The van der Waals surface area contributed by atoms with Crippen LogP contribution in [-0.2, 0) is 6.54 Å². The summed E-state index contributed by atoms with van der Waals surface area (Å²) in [6.07, 6.45) is 4.02. The molecule has 1 aliphatic heterocycles. The van der Waals surface area contributed by atoms with Crippen LogP contribution < -0.4 is 10.1 Å². The molecule has 0 aliphatic carbocycles. The molecule has 1 fully saturated rings. The Morgan fingerprint density at radius 1 is 1.37 bits per heavy atom. The first-order valence-electron chi connectivity index (χ1n) is 9.21. The van der Waals surface area contributed by atoms with Gasteiger partial charge in [0, 0.05) is 20.1 Å².